The summed E-state index contributed by atoms with van der Waals surface area (Å²) >= 11 is 0. The van der Waals surface area contributed by atoms with Gasteiger partial charge in [-0.05, 0) is 57.8 Å². The van der Waals surface area contributed by atoms with Gasteiger partial charge < -0.3 is 28.8 Å². The van der Waals surface area contributed by atoms with E-state index in [4.69, 9.17) is 9.05 Å². The summed E-state index contributed by atoms with van der Waals surface area (Å²) in [5.74, 6) is -0.163. The van der Waals surface area contributed by atoms with Crippen LogP contribution >= 0.6 is 7.82 Å². The number of carbonyl (C=O) groups excluding carboxylic acids is 1. The number of allylic oxidation sites excluding steroid dienone is 10. The van der Waals surface area contributed by atoms with Crippen LogP contribution in [0.5, 0.6) is 0 Å². The topological polar surface area (TPSA) is 108 Å². The number of likely N-dealkylation sites (N-methyl/N-ethyl adjacent to an activating group) is 1. The minimum Gasteiger partial charge on any atom is -0.756 e. The van der Waals surface area contributed by atoms with E-state index in [1.54, 1.807) is 0 Å². The van der Waals surface area contributed by atoms with E-state index >= 15 is 0 Å². The van der Waals surface area contributed by atoms with Gasteiger partial charge in [-0.2, -0.15) is 0 Å². The van der Waals surface area contributed by atoms with Crippen molar-refractivity contribution in [1.82, 2.24) is 5.32 Å². The van der Waals surface area contributed by atoms with Crippen LogP contribution in [-0.4, -0.2) is 68.5 Å². The number of hydrogen-bond acceptors (Lipinski definition) is 6. The highest BCUT2D eigenvalue weighted by atomic mass is 31.2. The summed E-state index contributed by atoms with van der Waals surface area (Å²) < 4.78 is 23.5. The summed E-state index contributed by atoms with van der Waals surface area (Å²) in [5.41, 5.74) is 0. The summed E-state index contributed by atoms with van der Waals surface area (Å²) in [6.45, 7) is 4.65. The zero-order valence-corrected chi connectivity index (χ0v) is 54.7. The molecule has 0 aliphatic rings. The Morgan fingerprint density at radius 1 is 0.450 bits per heavy atom. The largest absolute Gasteiger partial charge is 0.756 e. The molecule has 0 aromatic rings. The lowest BCUT2D eigenvalue weighted by molar-refractivity contribution is -0.870. The van der Waals surface area contributed by atoms with Gasteiger partial charge in [0.1, 0.15) is 13.2 Å². The molecule has 2 N–H and O–H groups in total. The lowest BCUT2D eigenvalue weighted by Crippen LogP contribution is -2.46. The van der Waals surface area contributed by atoms with Gasteiger partial charge in [0.05, 0.1) is 39.9 Å². The number of hydrogen-bond donors (Lipinski definition) is 2. The molecule has 0 aliphatic heterocycles. The van der Waals surface area contributed by atoms with Gasteiger partial charge in [-0.3, -0.25) is 9.36 Å². The van der Waals surface area contributed by atoms with E-state index in [1.807, 2.05) is 21.1 Å². The summed E-state index contributed by atoms with van der Waals surface area (Å²) in [6, 6.07) is -0.805. The number of phosphoric ester groups is 1. The normalized spacial score (nSPS) is 14.0. The molecule has 0 aliphatic carbocycles. The summed E-state index contributed by atoms with van der Waals surface area (Å²) in [7, 11) is 1.31. The number of nitrogens with zero attached hydrogens (tertiary/aromatic N) is 1. The molecule has 0 aromatic carbocycles. The van der Waals surface area contributed by atoms with Crippen LogP contribution in [0.25, 0.3) is 0 Å². The first-order valence-electron chi connectivity index (χ1n) is 34.6. The molecular weight excluding hydrogens is 1010 g/mol. The maximum Gasteiger partial charge on any atom is 0.268 e. The molecule has 0 spiro atoms. The molecular formula is C71H135N2O6P. The highest BCUT2D eigenvalue weighted by Gasteiger charge is 2.24. The van der Waals surface area contributed by atoms with Gasteiger partial charge in [-0.25, -0.2) is 0 Å². The maximum atomic E-state index is 13.1. The lowest BCUT2D eigenvalue weighted by atomic mass is 10.0. The number of aliphatic hydroxyl groups excluding tert-OH is 1. The molecule has 0 heterocycles. The van der Waals surface area contributed by atoms with Crippen LogP contribution in [0, 0.1) is 0 Å². The second-order valence-corrected chi connectivity index (χ2v) is 26.3. The van der Waals surface area contributed by atoms with E-state index in [9.17, 15) is 19.4 Å². The Morgan fingerprint density at radius 2 is 0.762 bits per heavy atom. The zero-order valence-electron chi connectivity index (χ0n) is 53.8. The fourth-order valence-electron chi connectivity index (χ4n) is 10.4. The van der Waals surface area contributed by atoms with Gasteiger partial charge in [0.15, 0.2) is 0 Å². The van der Waals surface area contributed by atoms with Gasteiger partial charge in [-0.1, -0.05) is 331 Å². The van der Waals surface area contributed by atoms with E-state index in [1.165, 1.54) is 238 Å². The smallest absolute Gasteiger partial charge is 0.268 e. The maximum absolute atomic E-state index is 13.1. The number of nitrogens with one attached hydrogen (secondary N) is 1. The van der Waals surface area contributed by atoms with Crippen LogP contribution in [0.1, 0.15) is 335 Å². The van der Waals surface area contributed by atoms with Crippen molar-refractivity contribution >= 4 is 13.7 Å². The Bertz CT molecular complexity index is 1490. The van der Waals surface area contributed by atoms with Crippen molar-refractivity contribution in [2.24, 2.45) is 0 Å². The van der Waals surface area contributed by atoms with Crippen molar-refractivity contribution in [3.63, 3.8) is 0 Å². The van der Waals surface area contributed by atoms with E-state index in [0.717, 1.165) is 70.6 Å². The highest BCUT2D eigenvalue weighted by molar-refractivity contribution is 7.45. The number of carbonyl (C=O) groups is 1. The van der Waals surface area contributed by atoms with Crippen molar-refractivity contribution in [1.29, 1.82) is 0 Å². The first kappa shape index (κ1) is 78.2. The predicted molar refractivity (Wildman–Crippen MR) is 348 cm³/mol. The van der Waals surface area contributed by atoms with Gasteiger partial charge in [0.25, 0.3) is 7.82 Å². The van der Waals surface area contributed by atoms with Gasteiger partial charge in [0, 0.05) is 6.42 Å². The Labute approximate surface area is 498 Å². The van der Waals surface area contributed by atoms with Crippen LogP contribution in [0.3, 0.4) is 0 Å². The zero-order chi connectivity index (χ0) is 58.4. The summed E-state index contributed by atoms with van der Waals surface area (Å²) in [4.78, 5) is 25.7. The molecule has 0 radical (unpaired) electrons. The lowest BCUT2D eigenvalue weighted by Gasteiger charge is -2.30. The minimum atomic E-state index is -4.58. The molecule has 80 heavy (non-hydrogen) atoms. The second-order valence-electron chi connectivity index (χ2n) is 24.9. The van der Waals surface area contributed by atoms with Crippen molar-refractivity contribution in [3.8, 4) is 0 Å². The third-order valence-electron chi connectivity index (χ3n) is 15.8. The SMILES string of the molecule is CC/C=C\C/C=C\C/C=C\C/C=C\C/C=C\CCCCCCCCCCCCCCCC(=O)NC(COP(=O)([O-])OCC[N+](C)(C)C)C(O)CCCCCCCCCCCCCCCCCCCCCCCCCCCCCCC. The number of aliphatic hydroxyl groups is 1. The van der Waals surface area contributed by atoms with Crippen LogP contribution in [0.15, 0.2) is 60.8 Å². The standard InChI is InChI=1S/C71H135N2O6P/c1-6-8-10-12-14-16-18-20-22-24-26-28-30-32-34-36-38-40-42-44-46-48-50-52-54-56-58-60-62-64-70(74)69(68-79-80(76,77)78-67-66-73(3,4)5)72-71(75)65-63-61-59-57-55-53-51-49-47-45-43-41-39-37-35-33-31-29-27-25-23-21-19-17-15-13-11-9-7-2/h9,11,15,17,21,23,27,29,33,35,69-70,74H,6-8,10,12-14,16,18-20,22,24-26,28,30-32,34,36-68H2,1-5H3,(H-,72,75,76,77)/b11-9-,17-15-,23-21-,29-27-,35-33-. The molecule has 0 fully saturated rings. The Kier molecular flexibility index (Phi) is 60.4. The monoisotopic (exact) mass is 1140 g/mol. The van der Waals surface area contributed by atoms with Crippen LogP contribution < -0.4 is 10.2 Å². The molecule has 0 rings (SSSR count). The number of phosphoric acid groups is 1. The molecule has 0 saturated heterocycles. The fourth-order valence-corrected chi connectivity index (χ4v) is 11.1. The summed E-state index contributed by atoms with van der Waals surface area (Å²) in [6.07, 6.45) is 84.3. The molecule has 0 bridgehead atoms. The van der Waals surface area contributed by atoms with Crippen molar-refractivity contribution in [2.75, 3.05) is 40.9 Å². The van der Waals surface area contributed by atoms with Gasteiger partial charge >= 0.3 is 0 Å². The average Bonchev–Trinajstić information content (AvgIpc) is 3.42. The predicted octanol–water partition coefficient (Wildman–Crippen LogP) is 21.4. The molecule has 3 atom stereocenters. The van der Waals surface area contributed by atoms with Crippen LogP contribution in [0.2, 0.25) is 0 Å². The quantitative estimate of drug-likeness (QED) is 0.0272. The fraction of sp³-hybridized carbons (Fsp3) is 0.845. The second kappa shape index (κ2) is 61.8. The van der Waals surface area contributed by atoms with Crippen molar-refractivity contribution in [3.05, 3.63) is 60.8 Å². The van der Waals surface area contributed by atoms with E-state index < -0.39 is 20.0 Å². The molecule has 8 nitrogen and oxygen atoms in total. The van der Waals surface area contributed by atoms with Gasteiger partial charge in [-0.15, -0.1) is 0 Å². The molecule has 0 saturated carbocycles. The Balaban J connectivity index is 4.04. The minimum absolute atomic E-state index is 0.0113. The summed E-state index contributed by atoms with van der Waals surface area (Å²) in [5, 5.41) is 14.1. The van der Waals surface area contributed by atoms with Gasteiger partial charge in [0.2, 0.25) is 5.91 Å². The highest BCUT2D eigenvalue weighted by Crippen LogP contribution is 2.38. The van der Waals surface area contributed by atoms with Crippen LogP contribution in [0.4, 0.5) is 0 Å². The molecule has 1 amide bonds. The number of amides is 1. The van der Waals surface area contributed by atoms with Crippen molar-refractivity contribution < 1.29 is 32.9 Å². The molecule has 9 heteroatoms. The third-order valence-corrected chi connectivity index (χ3v) is 16.7. The van der Waals surface area contributed by atoms with Crippen molar-refractivity contribution in [2.45, 2.75) is 347 Å². The number of quaternary nitrogens is 1. The number of rotatable bonds is 64. The van der Waals surface area contributed by atoms with E-state index in [0.29, 0.717) is 23.9 Å². The Morgan fingerprint density at radius 3 is 1.11 bits per heavy atom. The number of unbranched alkanes of at least 4 members (excludes halogenated alkanes) is 41. The van der Waals surface area contributed by atoms with E-state index in [-0.39, 0.29) is 19.1 Å². The third kappa shape index (κ3) is 63.8. The molecule has 0 aromatic heterocycles. The van der Waals surface area contributed by atoms with E-state index in [2.05, 4.69) is 79.9 Å². The Hall–Kier alpha value is -1.80. The molecule has 3 unspecified atom stereocenters. The van der Waals surface area contributed by atoms with Crippen LogP contribution in [-0.2, 0) is 18.4 Å². The first-order chi connectivity index (χ1) is 39.0. The average molecular weight is 1140 g/mol. The first-order valence-corrected chi connectivity index (χ1v) is 36.1. The molecule has 470 valence electrons.